The predicted octanol–water partition coefficient (Wildman–Crippen LogP) is 4.63. The molecule has 2 aromatic heterocycles. The third-order valence-corrected chi connectivity index (χ3v) is 4.47. The first-order valence-electron chi connectivity index (χ1n) is 7.95. The Balaban J connectivity index is 0.000000189. The van der Waals surface area contributed by atoms with E-state index in [1.807, 2.05) is 31.3 Å². The van der Waals surface area contributed by atoms with E-state index in [2.05, 4.69) is 32.2 Å². The van der Waals surface area contributed by atoms with E-state index in [4.69, 9.17) is 9.47 Å². The third-order valence-electron chi connectivity index (χ3n) is 3.85. The van der Waals surface area contributed by atoms with Crippen molar-refractivity contribution in [2.45, 2.75) is 13.8 Å². The Morgan fingerprint density at radius 2 is 1.85 bits per heavy atom. The molecular weight excluding hydrogens is 396 g/mol. The SMILES string of the molecule is COc1ccc(/C=C/C=O)cc1OC.Cc1nc2c(Br)cccn2c1C. The van der Waals surface area contributed by atoms with Crippen molar-refractivity contribution in [3.05, 3.63) is 64.0 Å². The number of allylic oxidation sites excluding steroid dienone is 1. The van der Waals surface area contributed by atoms with Crippen LogP contribution in [0.4, 0.5) is 0 Å². The van der Waals surface area contributed by atoms with E-state index in [1.165, 1.54) is 11.8 Å². The molecule has 0 atom stereocenters. The van der Waals surface area contributed by atoms with Crippen molar-refractivity contribution in [1.29, 1.82) is 0 Å². The quantitative estimate of drug-likeness (QED) is 0.459. The van der Waals surface area contributed by atoms with Gasteiger partial charge in [0.2, 0.25) is 0 Å². The summed E-state index contributed by atoms with van der Waals surface area (Å²) in [5.41, 5.74) is 4.18. The summed E-state index contributed by atoms with van der Waals surface area (Å²) in [7, 11) is 3.16. The summed E-state index contributed by atoms with van der Waals surface area (Å²) in [6.07, 6.45) is 5.89. The zero-order valence-corrected chi connectivity index (χ0v) is 16.8. The standard InChI is InChI=1S/C11H12O3.C9H9BrN2/c1-13-10-6-5-9(4-3-7-12)8-11(10)14-2;1-6-7(2)12-5-3-4-8(10)9(12)11-6/h3-8H,1-2H3;3-5H,1-2H3/b4-3+;. The zero-order chi connectivity index (χ0) is 19.1. The number of aryl methyl sites for hydroxylation is 2. The highest BCUT2D eigenvalue weighted by atomic mass is 79.9. The molecule has 0 spiro atoms. The lowest BCUT2D eigenvalue weighted by molar-refractivity contribution is -0.104. The Morgan fingerprint density at radius 1 is 1.12 bits per heavy atom. The van der Waals surface area contributed by atoms with E-state index in [0.717, 1.165) is 27.7 Å². The van der Waals surface area contributed by atoms with Crippen LogP contribution >= 0.6 is 15.9 Å². The highest BCUT2D eigenvalue weighted by molar-refractivity contribution is 9.10. The number of hydrogen-bond donors (Lipinski definition) is 0. The molecule has 0 aliphatic heterocycles. The Morgan fingerprint density at radius 3 is 2.46 bits per heavy atom. The predicted molar refractivity (Wildman–Crippen MR) is 107 cm³/mol. The van der Waals surface area contributed by atoms with Crippen LogP contribution in [0.15, 0.2) is 47.1 Å². The molecule has 26 heavy (non-hydrogen) atoms. The minimum Gasteiger partial charge on any atom is -0.493 e. The molecule has 3 aromatic rings. The second-order valence-corrected chi connectivity index (χ2v) is 6.30. The smallest absolute Gasteiger partial charge is 0.161 e. The average molecular weight is 417 g/mol. The van der Waals surface area contributed by atoms with E-state index < -0.39 is 0 Å². The van der Waals surface area contributed by atoms with Gasteiger partial charge in [0.15, 0.2) is 17.1 Å². The molecule has 0 unspecified atom stereocenters. The lowest BCUT2D eigenvalue weighted by Crippen LogP contribution is -1.90. The first-order chi connectivity index (χ1) is 12.5. The van der Waals surface area contributed by atoms with Crippen molar-refractivity contribution in [3.63, 3.8) is 0 Å². The number of aromatic nitrogens is 2. The number of methoxy groups -OCH3 is 2. The molecule has 0 N–H and O–H groups in total. The van der Waals surface area contributed by atoms with Crippen LogP contribution in [0.1, 0.15) is 17.0 Å². The van der Waals surface area contributed by atoms with E-state index in [0.29, 0.717) is 11.5 Å². The van der Waals surface area contributed by atoms with Crippen LogP contribution in [0.2, 0.25) is 0 Å². The molecule has 3 rings (SSSR count). The number of aldehydes is 1. The zero-order valence-electron chi connectivity index (χ0n) is 15.2. The van der Waals surface area contributed by atoms with Gasteiger partial charge in [0, 0.05) is 11.9 Å². The summed E-state index contributed by atoms with van der Waals surface area (Å²) in [4.78, 5) is 14.5. The number of halogens is 1. The summed E-state index contributed by atoms with van der Waals surface area (Å²) >= 11 is 3.46. The molecule has 0 aliphatic carbocycles. The van der Waals surface area contributed by atoms with Crippen LogP contribution in [0, 0.1) is 13.8 Å². The molecule has 6 heteroatoms. The largest absolute Gasteiger partial charge is 0.493 e. The fraction of sp³-hybridized carbons (Fsp3) is 0.200. The van der Waals surface area contributed by atoms with Crippen molar-refractivity contribution >= 4 is 33.9 Å². The Hall–Kier alpha value is -2.60. The lowest BCUT2D eigenvalue weighted by Gasteiger charge is -2.07. The van der Waals surface area contributed by atoms with Crippen molar-refractivity contribution in [2.24, 2.45) is 0 Å². The average Bonchev–Trinajstić information content (AvgIpc) is 2.96. The topological polar surface area (TPSA) is 52.8 Å². The van der Waals surface area contributed by atoms with Crippen molar-refractivity contribution in [3.8, 4) is 11.5 Å². The van der Waals surface area contributed by atoms with Crippen LogP contribution in [-0.4, -0.2) is 29.9 Å². The summed E-state index contributed by atoms with van der Waals surface area (Å²) in [6, 6.07) is 9.45. The second kappa shape index (κ2) is 9.20. The van der Waals surface area contributed by atoms with Crippen molar-refractivity contribution in [2.75, 3.05) is 14.2 Å². The van der Waals surface area contributed by atoms with Gasteiger partial charge in [-0.2, -0.15) is 0 Å². The minimum atomic E-state index is 0.653. The molecule has 0 bridgehead atoms. The summed E-state index contributed by atoms with van der Waals surface area (Å²) < 4.78 is 13.3. The van der Waals surface area contributed by atoms with Crippen LogP contribution in [0.3, 0.4) is 0 Å². The van der Waals surface area contributed by atoms with E-state index in [-0.39, 0.29) is 0 Å². The summed E-state index contributed by atoms with van der Waals surface area (Å²) in [5, 5.41) is 0. The Kier molecular flexibility index (Phi) is 6.97. The number of imidazole rings is 1. The normalized spacial score (nSPS) is 10.5. The van der Waals surface area contributed by atoms with Gasteiger partial charge in [0.05, 0.1) is 24.4 Å². The highest BCUT2D eigenvalue weighted by Crippen LogP contribution is 2.27. The van der Waals surface area contributed by atoms with Crippen molar-refractivity contribution < 1.29 is 14.3 Å². The van der Waals surface area contributed by atoms with Gasteiger partial charge in [-0.3, -0.25) is 4.79 Å². The maximum absolute atomic E-state index is 10.1. The first kappa shape index (κ1) is 19.7. The molecule has 1 aromatic carbocycles. The molecule has 0 radical (unpaired) electrons. The molecule has 0 aliphatic rings. The van der Waals surface area contributed by atoms with Gasteiger partial charge in [0.1, 0.15) is 6.29 Å². The Labute approximate surface area is 161 Å². The molecule has 0 amide bonds. The maximum Gasteiger partial charge on any atom is 0.161 e. The lowest BCUT2D eigenvalue weighted by atomic mass is 10.2. The molecule has 0 saturated heterocycles. The number of carbonyl (C=O) groups is 1. The highest BCUT2D eigenvalue weighted by Gasteiger charge is 2.05. The first-order valence-corrected chi connectivity index (χ1v) is 8.74. The number of rotatable bonds is 4. The van der Waals surface area contributed by atoms with Crippen LogP contribution in [0.25, 0.3) is 11.7 Å². The van der Waals surface area contributed by atoms with Crippen LogP contribution < -0.4 is 9.47 Å². The number of fused-ring (bicyclic) bond motifs is 1. The number of ether oxygens (including phenoxy) is 2. The number of pyridine rings is 1. The number of benzene rings is 1. The molecule has 2 heterocycles. The molecule has 0 fully saturated rings. The van der Waals surface area contributed by atoms with Crippen molar-refractivity contribution in [1.82, 2.24) is 9.38 Å². The van der Waals surface area contributed by atoms with Gasteiger partial charge in [-0.05, 0) is 65.7 Å². The molecule has 136 valence electrons. The van der Waals surface area contributed by atoms with Gasteiger partial charge in [0.25, 0.3) is 0 Å². The number of nitrogens with zero attached hydrogens (tertiary/aromatic N) is 2. The Bertz CT molecular complexity index is 932. The minimum absolute atomic E-state index is 0.653. The van der Waals surface area contributed by atoms with E-state index in [1.54, 1.807) is 32.4 Å². The molecule has 0 saturated carbocycles. The van der Waals surface area contributed by atoms with Gasteiger partial charge in [-0.1, -0.05) is 12.1 Å². The molecule has 5 nitrogen and oxygen atoms in total. The molecular formula is C20H21BrN2O3. The van der Waals surface area contributed by atoms with E-state index in [9.17, 15) is 4.79 Å². The summed E-state index contributed by atoms with van der Waals surface area (Å²) in [6.45, 7) is 4.09. The van der Waals surface area contributed by atoms with Gasteiger partial charge >= 0.3 is 0 Å². The van der Waals surface area contributed by atoms with E-state index >= 15 is 0 Å². The van der Waals surface area contributed by atoms with Crippen LogP contribution in [-0.2, 0) is 4.79 Å². The van der Waals surface area contributed by atoms with Gasteiger partial charge < -0.3 is 13.9 Å². The van der Waals surface area contributed by atoms with Gasteiger partial charge in [-0.25, -0.2) is 4.98 Å². The number of carbonyl (C=O) groups excluding carboxylic acids is 1. The fourth-order valence-electron chi connectivity index (χ4n) is 2.37. The monoisotopic (exact) mass is 416 g/mol. The number of hydrogen-bond acceptors (Lipinski definition) is 4. The second-order valence-electron chi connectivity index (χ2n) is 5.44. The maximum atomic E-state index is 10.1. The van der Waals surface area contributed by atoms with Crippen LogP contribution in [0.5, 0.6) is 11.5 Å². The fourth-order valence-corrected chi connectivity index (χ4v) is 2.80. The van der Waals surface area contributed by atoms with Gasteiger partial charge in [-0.15, -0.1) is 0 Å². The summed E-state index contributed by atoms with van der Waals surface area (Å²) in [5.74, 6) is 1.33. The third kappa shape index (κ3) is 4.52.